The standard InChI is InChI=1S/C18H38O2.C18H36O2.C14H32N4.4H2N.2Pt/c1-2-3-4-5-6-7-8-9-10-11-12-13-14-15-16-17-18-20-19;1-2-3-4-5-6-7-8-9-10-11-12-13-14-15-16-17-18(19)20;15-9-5-1-3-7-11-17-13-14-18-12-8-4-2-6-10-16;;;;;;/h19H,2-18H2,1H3;2-17H2,1H3,(H,19,20);15-18H,1-14H2;4*1H2;;/q;;-2;4*-1;;/p+2. The van der Waals surface area contributed by atoms with Crippen molar-refractivity contribution in [3.63, 3.8) is 0 Å². The summed E-state index contributed by atoms with van der Waals surface area (Å²) in [5.41, 5.74) is 14.1. The van der Waals surface area contributed by atoms with Crippen LogP contribution in [0.4, 0.5) is 0 Å². The van der Waals surface area contributed by atoms with Crippen LogP contribution in [-0.2, 0) is 51.8 Å². The molecule has 0 saturated carbocycles. The number of hydrogen-bond acceptors (Lipinski definition) is 3. The van der Waals surface area contributed by atoms with Crippen molar-refractivity contribution in [2.24, 2.45) is 0 Å². The molecule has 0 heterocycles. The van der Waals surface area contributed by atoms with E-state index in [2.05, 4.69) is 29.4 Å². The van der Waals surface area contributed by atoms with E-state index in [1.165, 1.54) is 244 Å². The van der Waals surface area contributed by atoms with E-state index in [4.69, 9.17) is 21.8 Å². The zero-order valence-electron chi connectivity index (χ0n) is 42.5. The number of quaternary nitrogens is 2. The van der Waals surface area contributed by atoms with Crippen molar-refractivity contribution in [3.8, 4) is 0 Å². The van der Waals surface area contributed by atoms with Gasteiger partial charge >= 0.3 is 5.97 Å². The Morgan fingerprint density at radius 3 is 0.859 bits per heavy atom. The molecule has 0 saturated heterocycles. The summed E-state index contributed by atoms with van der Waals surface area (Å²) in [7, 11) is 0. The van der Waals surface area contributed by atoms with Gasteiger partial charge in [0.2, 0.25) is 0 Å². The summed E-state index contributed by atoms with van der Waals surface area (Å²) in [6.07, 6.45) is 52.0. The Labute approximate surface area is 429 Å². The largest absolute Gasteiger partial charge is 0.693 e. The normalized spacial score (nSPS) is 9.95. The second kappa shape index (κ2) is 86.6. The Kier molecular flexibility index (Phi) is 114. The van der Waals surface area contributed by atoms with Crippen LogP contribution in [0.3, 0.4) is 0 Å². The van der Waals surface area contributed by atoms with Crippen LogP contribution in [0.25, 0.3) is 36.1 Å². The van der Waals surface area contributed by atoms with Gasteiger partial charge in [-0.15, -0.1) is 0 Å². The van der Waals surface area contributed by atoms with Gasteiger partial charge in [0.1, 0.15) is 13.1 Å². The number of hydrogen-bond donors (Lipinski definition) is 4. The van der Waals surface area contributed by atoms with Gasteiger partial charge in [0.15, 0.2) is 0 Å². The molecular formula is C50H116N8O4Pt2-4. The first kappa shape index (κ1) is 84.4. The summed E-state index contributed by atoms with van der Waals surface area (Å²) in [6.45, 7) is 11.2. The average Bonchev–Trinajstić information content (AvgIpc) is 3.22. The molecular weight excluding hydrogens is 1170 g/mol. The van der Waals surface area contributed by atoms with Gasteiger partial charge in [0.05, 0.1) is 19.7 Å². The topological polar surface area (TPSA) is 282 Å². The van der Waals surface area contributed by atoms with Crippen molar-refractivity contribution in [1.82, 2.24) is 0 Å². The molecule has 0 spiro atoms. The maximum Gasteiger partial charge on any atom is 0.303 e. The van der Waals surface area contributed by atoms with Gasteiger partial charge in [-0.1, -0.05) is 226 Å². The van der Waals surface area contributed by atoms with Crippen LogP contribution in [0.5, 0.6) is 0 Å². The molecule has 0 aliphatic rings. The fourth-order valence-corrected chi connectivity index (χ4v) is 7.42. The van der Waals surface area contributed by atoms with E-state index < -0.39 is 5.97 Å². The first-order valence-corrected chi connectivity index (χ1v) is 26.0. The summed E-state index contributed by atoms with van der Waals surface area (Å²) < 4.78 is 0. The van der Waals surface area contributed by atoms with Gasteiger partial charge in [-0.25, -0.2) is 4.89 Å². The third kappa shape index (κ3) is 96.4. The van der Waals surface area contributed by atoms with Crippen LogP contribution in [-0.4, -0.2) is 62.2 Å². The molecule has 0 aromatic heterocycles. The number of nitrogens with one attached hydrogen (secondary N) is 2. The number of aliphatic carboxylic acids is 1. The minimum Gasteiger partial charge on any atom is -0.693 e. The predicted octanol–water partition coefficient (Wildman–Crippen LogP) is 17.3. The SMILES string of the molecule is CCCCCCCCCCCCCCCCCC(=O)O.CCCCCCCCCCCCCCCCCCOO.[NH-]CCCCCC[NH2+]CC[NH2+]CCCCCC[NH-].[NH2-].[NH2-].[NH2-].[NH2-].[Pt].[Pt]. The molecule has 0 aromatic rings. The predicted molar refractivity (Wildman–Crippen MR) is 275 cm³/mol. The summed E-state index contributed by atoms with van der Waals surface area (Å²) in [5, 5.41) is 21.6. The Balaban J connectivity index is -0.0000000969. The van der Waals surface area contributed by atoms with Crippen LogP contribution in [0.2, 0.25) is 0 Å². The molecule has 0 aromatic carbocycles. The monoisotopic (exact) mass is 1280 g/mol. The second-order valence-corrected chi connectivity index (χ2v) is 17.3. The molecule has 404 valence electrons. The fourth-order valence-electron chi connectivity index (χ4n) is 7.42. The molecule has 0 atom stereocenters. The number of carboxylic acids is 1. The Morgan fingerprint density at radius 1 is 0.375 bits per heavy atom. The van der Waals surface area contributed by atoms with Crippen molar-refractivity contribution in [3.05, 3.63) is 36.1 Å². The van der Waals surface area contributed by atoms with E-state index in [1.54, 1.807) is 0 Å². The van der Waals surface area contributed by atoms with Gasteiger partial charge in [-0.2, -0.15) is 13.1 Å². The minimum atomic E-state index is -0.653. The third-order valence-corrected chi connectivity index (χ3v) is 11.3. The first-order chi connectivity index (χ1) is 28.6. The third-order valence-electron chi connectivity index (χ3n) is 11.3. The number of rotatable bonds is 48. The summed E-state index contributed by atoms with van der Waals surface area (Å²) in [6, 6.07) is 0. The fraction of sp³-hybridized carbons (Fsp3) is 0.980. The molecule has 0 aliphatic carbocycles. The smallest absolute Gasteiger partial charge is 0.303 e. The number of nitrogens with two attached hydrogens (primary N) is 6. The molecule has 0 amide bonds. The molecule has 0 fully saturated rings. The molecule has 0 aliphatic heterocycles. The van der Waals surface area contributed by atoms with E-state index in [0.29, 0.717) is 26.1 Å². The van der Waals surface area contributed by atoms with Gasteiger partial charge in [-0.05, 0) is 38.5 Å². The van der Waals surface area contributed by atoms with Crippen molar-refractivity contribution in [1.29, 1.82) is 0 Å². The van der Waals surface area contributed by atoms with E-state index in [0.717, 1.165) is 32.1 Å². The molecule has 64 heavy (non-hydrogen) atoms. The van der Waals surface area contributed by atoms with E-state index in [9.17, 15) is 4.79 Å². The maximum absolute atomic E-state index is 10.3. The molecule has 0 bridgehead atoms. The number of unbranched alkanes of at least 4 members (excludes halogenated alkanes) is 35. The molecule has 12 nitrogen and oxygen atoms in total. The van der Waals surface area contributed by atoms with E-state index >= 15 is 0 Å². The van der Waals surface area contributed by atoms with Gasteiger partial charge in [0.25, 0.3) is 0 Å². The first-order valence-electron chi connectivity index (χ1n) is 26.0. The average molecular weight is 1280 g/mol. The van der Waals surface area contributed by atoms with Crippen molar-refractivity contribution < 1.29 is 72.8 Å². The second-order valence-electron chi connectivity index (χ2n) is 17.3. The molecule has 0 rings (SSSR count). The van der Waals surface area contributed by atoms with E-state index in [1.807, 2.05) is 0 Å². The van der Waals surface area contributed by atoms with Crippen molar-refractivity contribution in [2.75, 3.05) is 45.9 Å². The van der Waals surface area contributed by atoms with Gasteiger partial charge in [0, 0.05) is 48.6 Å². The molecule has 16 N–H and O–H groups in total. The summed E-state index contributed by atoms with van der Waals surface area (Å²) in [4.78, 5) is 14.4. The maximum atomic E-state index is 10.3. The van der Waals surface area contributed by atoms with Crippen molar-refractivity contribution in [2.45, 2.75) is 271 Å². The summed E-state index contributed by atoms with van der Waals surface area (Å²) >= 11 is 0. The summed E-state index contributed by atoms with van der Waals surface area (Å²) in [5.74, 6) is -0.653. The Hall–Kier alpha value is 0.447. The Morgan fingerprint density at radius 2 is 0.609 bits per heavy atom. The zero-order chi connectivity index (χ0) is 42.9. The minimum absolute atomic E-state index is 0. The molecule has 0 unspecified atom stereocenters. The number of carboxylic acid groups (broad SMARTS) is 1. The van der Waals surface area contributed by atoms with Crippen LogP contribution >= 0.6 is 0 Å². The zero-order valence-corrected chi connectivity index (χ0v) is 47.1. The van der Waals surface area contributed by atoms with Crippen LogP contribution in [0.1, 0.15) is 271 Å². The van der Waals surface area contributed by atoms with Crippen LogP contribution in [0, 0.1) is 0 Å². The quantitative estimate of drug-likeness (QED) is 0.0263. The Bertz CT molecular complexity index is 680. The van der Waals surface area contributed by atoms with Crippen molar-refractivity contribution >= 4 is 5.97 Å². The van der Waals surface area contributed by atoms with Gasteiger partial charge in [-0.3, -0.25) is 10.1 Å². The number of carbonyl (C=O) groups is 1. The van der Waals surface area contributed by atoms with E-state index in [-0.39, 0.29) is 66.7 Å². The van der Waals surface area contributed by atoms with Gasteiger partial charge < -0.3 is 51.8 Å². The van der Waals surface area contributed by atoms with Crippen LogP contribution in [0.15, 0.2) is 0 Å². The molecule has 0 radical (unpaired) electrons. The molecule has 14 heteroatoms. The van der Waals surface area contributed by atoms with Crippen LogP contribution < -0.4 is 10.6 Å².